The van der Waals surface area contributed by atoms with Gasteiger partial charge in [-0.2, -0.15) is 0 Å². The molecular formula is C47H62O7. The Labute approximate surface area is 322 Å². The second-order valence-electron chi connectivity index (χ2n) is 17.9. The Morgan fingerprint density at radius 3 is 2.43 bits per heavy atom. The van der Waals surface area contributed by atoms with E-state index in [1.165, 1.54) is 56.9 Å². The Hall–Kier alpha value is -3.74. The van der Waals surface area contributed by atoms with Gasteiger partial charge in [0.25, 0.3) is 0 Å². The lowest BCUT2D eigenvalue weighted by Crippen LogP contribution is -2.51. The molecule has 1 aromatic heterocycles. The van der Waals surface area contributed by atoms with Crippen molar-refractivity contribution in [3.05, 3.63) is 70.1 Å². The first-order chi connectivity index (χ1) is 25.9. The highest BCUT2D eigenvalue weighted by Gasteiger charge is 2.59. The second-order valence-corrected chi connectivity index (χ2v) is 17.9. The molecule has 54 heavy (non-hydrogen) atoms. The predicted octanol–water partition coefficient (Wildman–Crippen LogP) is 11.6. The summed E-state index contributed by atoms with van der Waals surface area (Å²) in [5.41, 5.74) is 2.29. The molecule has 0 saturated heterocycles. The summed E-state index contributed by atoms with van der Waals surface area (Å²) in [4.78, 5) is 26.4. The fourth-order valence-electron chi connectivity index (χ4n) is 11.5. The summed E-state index contributed by atoms with van der Waals surface area (Å²) in [7, 11) is 0. The summed E-state index contributed by atoms with van der Waals surface area (Å²) in [6, 6.07) is 12.1. The first kappa shape index (κ1) is 38.5. The number of carbonyl (C=O) groups excluding carboxylic acids is 1. The van der Waals surface area contributed by atoms with Crippen LogP contribution in [0.15, 0.2) is 63.3 Å². The first-order valence-electron chi connectivity index (χ1n) is 20.9. The lowest BCUT2D eigenvalue weighted by Gasteiger charge is -2.58. The number of esters is 1. The minimum Gasteiger partial charge on any atom is -0.494 e. The van der Waals surface area contributed by atoms with Crippen molar-refractivity contribution in [2.75, 3.05) is 13.2 Å². The number of hydrogen-bond donors (Lipinski definition) is 0. The van der Waals surface area contributed by atoms with Gasteiger partial charge in [0.1, 0.15) is 34.7 Å². The van der Waals surface area contributed by atoms with E-state index in [-0.39, 0.29) is 35.3 Å². The summed E-state index contributed by atoms with van der Waals surface area (Å²) in [6.07, 6.45) is 16.0. The molecule has 2 aromatic carbocycles. The average Bonchev–Trinajstić information content (AvgIpc) is 3.50. The maximum Gasteiger partial charge on any atom is 0.344 e. The minimum atomic E-state index is -0.373. The maximum atomic E-state index is 13.3. The highest BCUT2D eigenvalue weighted by atomic mass is 16.6. The maximum absolute atomic E-state index is 13.3. The molecule has 3 saturated carbocycles. The zero-order valence-corrected chi connectivity index (χ0v) is 33.7. The van der Waals surface area contributed by atoms with E-state index in [4.69, 9.17) is 23.4 Å². The molecule has 7 nitrogen and oxygen atoms in total. The van der Waals surface area contributed by atoms with E-state index in [2.05, 4.69) is 40.7 Å². The molecule has 7 heteroatoms. The second kappa shape index (κ2) is 15.8. The van der Waals surface area contributed by atoms with Crippen LogP contribution < -0.4 is 19.6 Å². The Kier molecular flexibility index (Phi) is 11.3. The molecule has 0 radical (unpaired) electrons. The zero-order chi connectivity index (χ0) is 38.2. The van der Waals surface area contributed by atoms with Crippen molar-refractivity contribution in [1.29, 1.82) is 0 Å². The van der Waals surface area contributed by atoms with E-state index in [9.17, 15) is 9.59 Å². The Bertz CT molecular complexity index is 1890. The van der Waals surface area contributed by atoms with Crippen molar-refractivity contribution in [3.8, 4) is 23.0 Å². The molecule has 4 aliphatic rings. The van der Waals surface area contributed by atoms with E-state index in [1.54, 1.807) is 49.4 Å². The SMILES string of the molecule is CCOc1ccc(Oc2c(C)oc3cc(OCC(=O)O[C@@H]4CC[C@@]5(C)C(=CC[C@H]6[C@@H]7CC[C@H]([C@H](C)CCCC(C)C)[C@@]7(C)CC[C@@H]65)C4)ccc3c2=O)cc1. The quantitative estimate of drug-likeness (QED) is 0.127. The number of allylic oxidation sites excluding steroid dienone is 1. The van der Waals surface area contributed by atoms with Crippen LogP contribution in [0.2, 0.25) is 0 Å². The van der Waals surface area contributed by atoms with E-state index in [0.29, 0.717) is 40.3 Å². The Morgan fingerprint density at radius 1 is 0.907 bits per heavy atom. The van der Waals surface area contributed by atoms with Gasteiger partial charge in [0.15, 0.2) is 6.61 Å². The van der Waals surface area contributed by atoms with Gasteiger partial charge >= 0.3 is 5.97 Å². The third-order valence-corrected chi connectivity index (χ3v) is 14.3. The van der Waals surface area contributed by atoms with Crippen molar-refractivity contribution in [3.63, 3.8) is 0 Å². The van der Waals surface area contributed by atoms with Gasteiger partial charge in [-0.05, 0) is 142 Å². The molecule has 0 unspecified atom stereocenters. The van der Waals surface area contributed by atoms with Crippen molar-refractivity contribution < 1.29 is 28.2 Å². The van der Waals surface area contributed by atoms with Crippen molar-refractivity contribution >= 4 is 16.9 Å². The van der Waals surface area contributed by atoms with Crippen molar-refractivity contribution in [2.24, 2.45) is 46.3 Å². The van der Waals surface area contributed by atoms with Crippen LogP contribution in [0.4, 0.5) is 0 Å². The van der Waals surface area contributed by atoms with E-state index in [1.807, 2.05) is 6.92 Å². The Balaban J connectivity index is 0.936. The number of ether oxygens (including phenoxy) is 4. The smallest absolute Gasteiger partial charge is 0.344 e. The molecule has 3 aromatic rings. The first-order valence-corrected chi connectivity index (χ1v) is 20.9. The van der Waals surface area contributed by atoms with Crippen LogP contribution in [-0.4, -0.2) is 25.3 Å². The largest absolute Gasteiger partial charge is 0.494 e. The van der Waals surface area contributed by atoms with Crippen LogP contribution in [0, 0.1) is 53.3 Å². The summed E-state index contributed by atoms with van der Waals surface area (Å²) in [5, 5.41) is 0.367. The molecule has 0 spiro atoms. The summed E-state index contributed by atoms with van der Waals surface area (Å²) in [5.74, 6) is 6.62. The number of fused-ring (bicyclic) bond motifs is 6. The van der Waals surface area contributed by atoms with Gasteiger partial charge in [0.2, 0.25) is 11.2 Å². The van der Waals surface area contributed by atoms with Gasteiger partial charge in [0, 0.05) is 12.5 Å². The number of benzene rings is 2. The standard InChI is InChI=1S/C47H62O7/c1-8-50-33-13-15-34(16-14-33)54-45-31(5)52-42-27-35(17-19-38(42)44(45)49)51-28-43(48)53-36-22-24-46(6)32(26-36)12-18-37-40-21-20-39(30(4)11-9-10-29(2)3)47(40,7)25-23-41(37)46/h12-17,19,27,29-30,36-37,39-41H,8-11,18,20-26,28H2,1-7H3/t30-,36-,37+,39-,40+,41+,46+,47-/m1/s1. The lowest BCUT2D eigenvalue weighted by atomic mass is 9.47. The number of rotatable bonds is 13. The molecule has 3 fully saturated rings. The van der Waals surface area contributed by atoms with E-state index >= 15 is 0 Å². The molecule has 292 valence electrons. The minimum absolute atomic E-state index is 0.126. The zero-order valence-electron chi connectivity index (χ0n) is 33.7. The van der Waals surface area contributed by atoms with Gasteiger partial charge in [-0.25, -0.2) is 4.79 Å². The van der Waals surface area contributed by atoms with Gasteiger partial charge in [-0.1, -0.05) is 65.5 Å². The number of carbonyl (C=O) groups is 1. The summed E-state index contributed by atoms with van der Waals surface area (Å²) < 4.78 is 29.3. The molecule has 0 bridgehead atoms. The van der Waals surface area contributed by atoms with Gasteiger partial charge in [0.05, 0.1) is 12.0 Å². The van der Waals surface area contributed by atoms with E-state index in [0.717, 1.165) is 60.5 Å². The highest BCUT2D eigenvalue weighted by molar-refractivity contribution is 5.80. The third kappa shape index (κ3) is 7.58. The third-order valence-electron chi connectivity index (χ3n) is 14.3. The van der Waals surface area contributed by atoms with Crippen LogP contribution >= 0.6 is 0 Å². The monoisotopic (exact) mass is 738 g/mol. The van der Waals surface area contributed by atoms with Crippen LogP contribution in [-0.2, 0) is 9.53 Å². The van der Waals surface area contributed by atoms with Gasteiger partial charge in [-0.15, -0.1) is 0 Å². The van der Waals surface area contributed by atoms with E-state index < -0.39 is 0 Å². The highest BCUT2D eigenvalue weighted by Crippen LogP contribution is 2.67. The molecule has 0 N–H and O–H groups in total. The van der Waals surface area contributed by atoms with Crippen LogP contribution in [0.3, 0.4) is 0 Å². The number of aryl methyl sites for hydroxylation is 1. The molecule has 4 aliphatic carbocycles. The summed E-state index contributed by atoms with van der Waals surface area (Å²) in [6.45, 7) is 16.4. The van der Waals surface area contributed by atoms with Crippen molar-refractivity contribution in [1.82, 2.24) is 0 Å². The van der Waals surface area contributed by atoms with Crippen LogP contribution in [0.5, 0.6) is 23.0 Å². The topological polar surface area (TPSA) is 84.2 Å². The molecule has 8 atom stereocenters. The average molecular weight is 739 g/mol. The summed E-state index contributed by atoms with van der Waals surface area (Å²) >= 11 is 0. The molecule has 0 aliphatic heterocycles. The molecule has 1 heterocycles. The Morgan fingerprint density at radius 2 is 1.67 bits per heavy atom. The lowest BCUT2D eigenvalue weighted by molar-refractivity contribution is -0.153. The fourth-order valence-corrected chi connectivity index (χ4v) is 11.5. The molecule has 7 rings (SSSR count). The van der Waals surface area contributed by atoms with Crippen LogP contribution in [0.25, 0.3) is 11.0 Å². The van der Waals surface area contributed by atoms with Gasteiger partial charge < -0.3 is 23.4 Å². The van der Waals surface area contributed by atoms with Crippen LogP contribution in [0.1, 0.15) is 118 Å². The van der Waals surface area contributed by atoms with Crippen molar-refractivity contribution in [2.45, 2.75) is 125 Å². The predicted molar refractivity (Wildman–Crippen MR) is 213 cm³/mol. The normalized spacial score (nSPS) is 29.5. The van der Waals surface area contributed by atoms with Gasteiger partial charge in [-0.3, -0.25) is 4.79 Å². The number of hydrogen-bond acceptors (Lipinski definition) is 7. The molecular weight excluding hydrogens is 677 g/mol. The fraction of sp³-hybridized carbons (Fsp3) is 0.617. The molecule has 0 amide bonds.